The summed E-state index contributed by atoms with van der Waals surface area (Å²) in [7, 11) is 0.922. The van der Waals surface area contributed by atoms with Gasteiger partial charge in [0.15, 0.2) is 0 Å². The maximum Gasteiger partial charge on any atom is 0.341 e. The van der Waals surface area contributed by atoms with Crippen LogP contribution in [0.2, 0.25) is 0 Å². The molecule has 0 aliphatic carbocycles. The number of rotatable bonds is 6. The molecular weight excluding hydrogens is 368 g/mol. The van der Waals surface area contributed by atoms with Crippen molar-refractivity contribution in [3.8, 4) is 5.75 Å². The van der Waals surface area contributed by atoms with Gasteiger partial charge in [-0.25, -0.2) is 13.2 Å². The molecule has 0 radical (unpaired) electrons. The third-order valence-electron chi connectivity index (χ3n) is 4.28. The summed E-state index contributed by atoms with van der Waals surface area (Å²) in [6, 6.07) is 4.26. The van der Waals surface area contributed by atoms with E-state index in [1.807, 2.05) is 7.05 Å². The van der Waals surface area contributed by atoms with E-state index in [9.17, 15) is 13.2 Å². The van der Waals surface area contributed by atoms with Gasteiger partial charge in [0.2, 0.25) is 10.0 Å². The third kappa shape index (κ3) is 4.84. The number of methoxy groups -OCH3 is 2. The number of hydrogen-bond donors (Lipinski definition) is 1. The van der Waals surface area contributed by atoms with Gasteiger partial charge < -0.3 is 14.8 Å². The highest BCUT2D eigenvalue weighted by Gasteiger charge is 2.30. The minimum Gasteiger partial charge on any atom is -0.496 e. The zero-order valence-electron chi connectivity index (χ0n) is 14.6. The Morgan fingerprint density at radius 2 is 1.92 bits per heavy atom. The molecule has 0 unspecified atom stereocenters. The van der Waals surface area contributed by atoms with E-state index in [4.69, 9.17) is 9.47 Å². The van der Waals surface area contributed by atoms with E-state index < -0.39 is 16.0 Å². The first kappa shape index (κ1) is 21.7. The second-order valence-electron chi connectivity index (χ2n) is 5.76. The van der Waals surface area contributed by atoms with E-state index in [0.29, 0.717) is 19.0 Å². The number of nitrogens with one attached hydrogen (secondary N) is 1. The monoisotopic (exact) mass is 392 g/mol. The fourth-order valence-electron chi connectivity index (χ4n) is 2.91. The lowest BCUT2D eigenvalue weighted by molar-refractivity contribution is 0.0597. The molecule has 7 nitrogen and oxygen atoms in total. The van der Waals surface area contributed by atoms with Crippen LogP contribution in [0.15, 0.2) is 23.1 Å². The van der Waals surface area contributed by atoms with Gasteiger partial charge in [-0.1, -0.05) is 0 Å². The lowest BCUT2D eigenvalue weighted by Gasteiger charge is -2.31. The van der Waals surface area contributed by atoms with Crippen LogP contribution in [0.25, 0.3) is 0 Å². The summed E-state index contributed by atoms with van der Waals surface area (Å²) in [5, 5.41) is 3.13. The minimum absolute atomic E-state index is 0. The fourth-order valence-corrected chi connectivity index (χ4v) is 4.40. The van der Waals surface area contributed by atoms with Crippen molar-refractivity contribution in [3.63, 3.8) is 0 Å². The Morgan fingerprint density at radius 3 is 2.44 bits per heavy atom. The number of ether oxygens (including phenoxy) is 2. The molecule has 25 heavy (non-hydrogen) atoms. The largest absolute Gasteiger partial charge is 0.496 e. The third-order valence-corrected chi connectivity index (χ3v) is 6.17. The molecule has 0 aromatic heterocycles. The number of nitrogens with zero attached hydrogens (tertiary/aromatic N) is 1. The summed E-state index contributed by atoms with van der Waals surface area (Å²) in [4.78, 5) is 11.9. The molecular formula is C16H25ClN2O5S. The zero-order valence-corrected chi connectivity index (χ0v) is 16.3. The van der Waals surface area contributed by atoms with E-state index in [1.165, 1.54) is 36.7 Å². The topological polar surface area (TPSA) is 84.9 Å². The van der Waals surface area contributed by atoms with Crippen molar-refractivity contribution in [2.45, 2.75) is 17.7 Å². The van der Waals surface area contributed by atoms with Crippen molar-refractivity contribution in [2.75, 3.05) is 40.9 Å². The molecule has 0 amide bonds. The normalized spacial score (nSPS) is 16.1. The van der Waals surface area contributed by atoms with Gasteiger partial charge in [0.1, 0.15) is 11.3 Å². The van der Waals surface area contributed by atoms with Crippen molar-refractivity contribution in [1.82, 2.24) is 9.62 Å². The molecule has 142 valence electrons. The molecule has 1 aliphatic rings. The van der Waals surface area contributed by atoms with Gasteiger partial charge in [0.05, 0.1) is 19.1 Å². The standard InChI is InChI=1S/C16H24N2O5S.ClH/c1-17-11-12-6-8-18(9-7-12)24(20,21)13-4-5-15(22-2)14(10-13)16(19)23-3;/h4-5,10,12,17H,6-9,11H2,1-3H3;1H. The molecule has 1 aromatic carbocycles. The Kier molecular flexibility index (Phi) is 8.14. The number of hydrogen-bond acceptors (Lipinski definition) is 6. The van der Waals surface area contributed by atoms with Crippen molar-refractivity contribution in [1.29, 1.82) is 0 Å². The lowest BCUT2D eigenvalue weighted by Crippen LogP contribution is -2.40. The number of carbonyl (C=O) groups excluding carboxylic acids is 1. The number of benzene rings is 1. The van der Waals surface area contributed by atoms with Crippen LogP contribution >= 0.6 is 12.4 Å². The van der Waals surface area contributed by atoms with Crippen LogP contribution in [0.4, 0.5) is 0 Å². The molecule has 0 atom stereocenters. The number of esters is 1. The van der Waals surface area contributed by atoms with E-state index in [-0.39, 0.29) is 28.6 Å². The van der Waals surface area contributed by atoms with Crippen LogP contribution in [0, 0.1) is 5.92 Å². The Hall–Kier alpha value is -1.35. The molecule has 1 aliphatic heterocycles. The molecule has 1 saturated heterocycles. The molecule has 0 saturated carbocycles. The number of piperidine rings is 1. The van der Waals surface area contributed by atoms with Crippen molar-refractivity contribution >= 4 is 28.4 Å². The van der Waals surface area contributed by atoms with Crippen LogP contribution in [-0.2, 0) is 14.8 Å². The fraction of sp³-hybridized carbons (Fsp3) is 0.562. The summed E-state index contributed by atoms with van der Waals surface area (Å²) < 4.78 is 36.9. The smallest absolute Gasteiger partial charge is 0.341 e. The Balaban J connectivity index is 0.00000312. The number of halogens is 1. The van der Waals surface area contributed by atoms with Crippen LogP contribution in [0.1, 0.15) is 23.2 Å². The number of sulfonamides is 1. The Morgan fingerprint density at radius 1 is 1.28 bits per heavy atom. The number of carbonyl (C=O) groups is 1. The van der Waals surface area contributed by atoms with Gasteiger partial charge in [0.25, 0.3) is 0 Å². The van der Waals surface area contributed by atoms with Gasteiger partial charge in [-0.2, -0.15) is 4.31 Å². The van der Waals surface area contributed by atoms with E-state index in [1.54, 1.807) is 0 Å². The summed E-state index contributed by atoms with van der Waals surface area (Å²) in [6.07, 6.45) is 1.64. The SMILES string of the molecule is CNCC1CCN(S(=O)(=O)c2ccc(OC)c(C(=O)OC)c2)CC1.Cl. The van der Waals surface area contributed by atoms with E-state index in [0.717, 1.165) is 19.4 Å². The average molecular weight is 393 g/mol. The quantitative estimate of drug-likeness (QED) is 0.739. The molecule has 2 rings (SSSR count). The molecule has 1 heterocycles. The van der Waals surface area contributed by atoms with Gasteiger partial charge in [-0.05, 0) is 50.6 Å². The molecule has 9 heteroatoms. The first-order valence-corrected chi connectivity index (χ1v) is 9.29. The Bertz CT molecular complexity index is 688. The van der Waals surface area contributed by atoms with Gasteiger partial charge >= 0.3 is 5.97 Å². The van der Waals surface area contributed by atoms with E-state index >= 15 is 0 Å². The van der Waals surface area contributed by atoms with Crippen LogP contribution < -0.4 is 10.1 Å². The minimum atomic E-state index is -3.64. The van der Waals surface area contributed by atoms with E-state index in [2.05, 4.69) is 5.32 Å². The highest BCUT2D eigenvalue weighted by Crippen LogP contribution is 2.27. The zero-order chi connectivity index (χ0) is 17.7. The van der Waals surface area contributed by atoms with Crippen LogP contribution in [0.5, 0.6) is 5.75 Å². The predicted molar refractivity (Wildman–Crippen MR) is 97.0 cm³/mol. The highest BCUT2D eigenvalue weighted by molar-refractivity contribution is 7.89. The second-order valence-corrected chi connectivity index (χ2v) is 7.70. The van der Waals surface area contributed by atoms with Gasteiger partial charge in [0, 0.05) is 13.1 Å². The summed E-state index contributed by atoms with van der Waals surface area (Å²) >= 11 is 0. The highest BCUT2D eigenvalue weighted by atomic mass is 35.5. The van der Waals surface area contributed by atoms with Gasteiger partial charge in [-0.15, -0.1) is 12.4 Å². The summed E-state index contributed by atoms with van der Waals surface area (Å²) in [6.45, 7) is 1.85. The van der Waals surface area contributed by atoms with Crippen molar-refractivity contribution < 1.29 is 22.7 Å². The molecule has 1 N–H and O–H groups in total. The molecule has 1 fully saturated rings. The first-order chi connectivity index (χ1) is 11.4. The molecule has 0 spiro atoms. The van der Waals surface area contributed by atoms with Crippen molar-refractivity contribution in [2.24, 2.45) is 5.92 Å². The Labute approximate surface area is 155 Å². The average Bonchev–Trinajstić information content (AvgIpc) is 2.61. The van der Waals surface area contributed by atoms with Crippen LogP contribution in [-0.4, -0.2) is 59.6 Å². The molecule has 1 aromatic rings. The maximum absolute atomic E-state index is 12.8. The lowest BCUT2D eigenvalue weighted by atomic mass is 9.98. The van der Waals surface area contributed by atoms with Crippen molar-refractivity contribution in [3.05, 3.63) is 23.8 Å². The maximum atomic E-state index is 12.8. The molecule has 0 bridgehead atoms. The summed E-state index contributed by atoms with van der Waals surface area (Å²) in [5.74, 6) is 0.146. The second kappa shape index (κ2) is 9.38. The van der Waals surface area contributed by atoms with Gasteiger partial charge in [-0.3, -0.25) is 0 Å². The predicted octanol–water partition coefficient (Wildman–Crippen LogP) is 1.52. The summed E-state index contributed by atoms with van der Waals surface area (Å²) in [5.41, 5.74) is 0.103. The first-order valence-electron chi connectivity index (χ1n) is 7.85. The van der Waals surface area contributed by atoms with Crippen LogP contribution in [0.3, 0.4) is 0 Å².